The van der Waals surface area contributed by atoms with E-state index in [1.54, 1.807) is 18.2 Å². The number of benzene rings is 1. The highest BCUT2D eigenvalue weighted by atomic mass is 16.7. The summed E-state index contributed by atoms with van der Waals surface area (Å²) in [5.41, 5.74) is -2.70. The molecule has 4 unspecified atom stereocenters. The number of hydrogen-bond acceptors (Lipinski definition) is 7. The lowest BCUT2D eigenvalue weighted by molar-refractivity contribution is -0.292. The van der Waals surface area contributed by atoms with Gasteiger partial charge in [0.2, 0.25) is 17.1 Å². The van der Waals surface area contributed by atoms with E-state index in [2.05, 4.69) is 6.07 Å². The molecule has 7 heteroatoms. The summed E-state index contributed by atoms with van der Waals surface area (Å²) in [6.07, 6.45) is 2.03. The van der Waals surface area contributed by atoms with Crippen molar-refractivity contribution in [3.8, 4) is 18.2 Å². The molecule has 1 N–H and O–H groups in total. The lowest BCUT2D eigenvalue weighted by atomic mass is 9.52. The molecule has 2 aliphatic rings. The van der Waals surface area contributed by atoms with Crippen LogP contribution < -0.4 is 0 Å². The summed E-state index contributed by atoms with van der Waals surface area (Å²) >= 11 is 0. The predicted octanol–water partition coefficient (Wildman–Crippen LogP) is 3.78. The Balaban J connectivity index is 2.07. The van der Waals surface area contributed by atoms with Crippen molar-refractivity contribution in [3.05, 3.63) is 60.1 Å². The Hall–Kier alpha value is -3.60. The lowest BCUT2D eigenvalue weighted by Crippen LogP contribution is -2.58. The van der Waals surface area contributed by atoms with Crippen LogP contribution in [-0.2, 0) is 15.3 Å². The molecule has 2 saturated heterocycles. The number of nitrogens with zero attached hydrogens (tertiary/aromatic N) is 3. The van der Waals surface area contributed by atoms with Crippen LogP contribution in [0.2, 0.25) is 0 Å². The molecule has 2 bridgehead atoms. The molecule has 0 saturated carbocycles. The van der Waals surface area contributed by atoms with E-state index in [1.165, 1.54) is 12.5 Å². The summed E-state index contributed by atoms with van der Waals surface area (Å²) in [5.74, 6) is -2.59. The maximum Gasteiger partial charge on any atom is 0.244 e. The summed E-state index contributed by atoms with van der Waals surface area (Å²) in [5, 5.41) is 39.1. The normalized spacial score (nSPS) is 32.6. The van der Waals surface area contributed by atoms with Gasteiger partial charge < -0.3 is 13.9 Å². The minimum atomic E-state index is -1.97. The van der Waals surface area contributed by atoms with Gasteiger partial charge in [-0.25, -0.2) is 0 Å². The molecule has 1 aromatic heterocycles. The third-order valence-electron chi connectivity index (χ3n) is 5.86. The molecule has 7 nitrogen and oxygen atoms in total. The Morgan fingerprint density at radius 3 is 2.32 bits per heavy atom. The topological polar surface area (TPSA) is 127 Å². The van der Waals surface area contributed by atoms with Crippen molar-refractivity contribution in [1.82, 2.24) is 0 Å². The molecule has 138 valence electrons. The third kappa shape index (κ3) is 1.80. The Labute approximate surface area is 161 Å². The van der Waals surface area contributed by atoms with Crippen molar-refractivity contribution in [2.75, 3.05) is 0 Å². The molecular formula is C21H16N4O3. The van der Waals surface area contributed by atoms with E-state index in [-0.39, 0.29) is 0 Å². The zero-order valence-corrected chi connectivity index (χ0v) is 15.0. The Morgan fingerprint density at radius 1 is 1.07 bits per heavy atom. The molecule has 4 atom stereocenters. The first-order chi connectivity index (χ1) is 13.6. The van der Waals surface area contributed by atoms with Crippen LogP contribution in [0.25, 0.3) is 0 Å². The number of nitriles is 3. The highest BCUT2D eigenvalue weighted by molar-refractivity contribution is 5.89. The average Bonchev–Trinajstić information content (AvgIpc) is 3.33. The molecule has 0 amide bonds. The molecule has 1 aromatic carbocycles. The summed E-state index contributed by atoms with van der Waals surface area (Å²) < 4.78 is 17.5. The van der Waals surface area contributed by atoms with Gasteiger partial charge in [0.15, 0.2) is 5.41 Å². The zero-order chi connectivity index (χ0) is 20.0. The van der Waals surface area contributed by atoms with Crippen LogP contribution >= 0.6 is 0 Å². The van der Waals surface area contributed by atoms with Crippen molar-refractivity contribution >= 4 is 5.90 Å². The molecule has 0 aliphatic carbocycles. The van der Waals surface area contributed by atoms with Gasteiger partial charge in [-0.2, -0.15) is 15.8 Å². The number of rotatable bonds is 3. The monoisotopic (exact) mass is 372 g/mol. The van der Waals surface area contributed by atoms with Gasteiger partial charge in [0, 0.05) is 11.1 Å². The van der Waals surface area contributed by atoms with Gasteiger partial charge in [-0.15, -0.1) is 0 Å². The fraction of sp³-hybridized carbons (Fsp3) is 0.333. The van der Waals surface area contributed by atoms with E-state index in [9.17, 15) is 15.8 Å². The average molecular weight is 372 g/mol. The van der Waals surface area contributed by atoms with Crippen molar-refractivity contribution in [2.45, 2.75) is 25.2 Å². The fourth-order valence-electron chi connectivity index (χ4n) is 4.63. The first-order valence-corrected chi connectivity index (χ1v) is 8.83. The largest absolute Gasteiger partial charge is 0.472 e. The van der Waals surface area contributed by atoms with Crippen LogP contribution in [0.4, 0.5) is 0 Å². The molecule has 2 fully saturated rings. The number of furan rings is 1. The zero-order valence-electron chi connectivity index (χ0n) is 15.0. The van der Waals surface area contributed by atoms with Gasteiger partial charge in [-0.3, -0.25) is 5.41 Å². The molecule has 4 rings (SSSR count). The van der Waals surface area contributed by atoms with Crippen molar-refractivity contribution in [3.63, 3.8) is 0 Å². The van der Waals surface area contributed by atoms with Gasteiger partial charge >= 0.3 is 0 Å². The quantitative estimate of drug-likeness (QED) is 0.873. The lowest BCUT2D eigenvalue weighted by Gasteiger charge is -2.49. The standard InChI is InChI=1S/C21H16N4O3/c1-2-16-20(13-24)18(25)28-21(16,15-6-4-3-5-7-15)27-17(14-8-9-26-10-14)19(20,11-22)12-23/h3-10,16-17,25H,2H2,1H3. The van der Waals surface area contributed by atoms with E-state index in [1.807, 2.05) is 37.3 Å². The van der Waals surface area contributed by atoms with E-state index in [0.29, 0.717) is 17.5 Å². The fourth-order valence-corrected chi connectivity index (χ4v) is 4.63. The maximum atomic E-state index is 10.3. The third-order valence-corrected chi connectivity index (χ3v) is 5.86. The first-order valence-electron chi connectivity index (χ1n) is 8.83. The minimum Gasteiger partial charge on any atom is -0.472 e. The van der Waals surface area contributed by atoms with E-state index in [4.69, 9.17) is 19.3 Å². The van der Waals surface area contributed by atoms with Crippen LogP contribution in [0.1, 0.15) is 30.6 Å². The maximum absolute atomic E-state index is 10.3. The van der Waals surface area contributed by atoms with Crippen molar-refractivity contribution < 1.29 is 13.9 Å². The minimum absolute atomic E-state index is 0.369. The summed E-state index contributed by atoms with van der Waals surface area (Å²) in [6, 6.07) is 16.8. The van der Waals surface area contributed by atoms with Crippen molar-refractivity contribution in [1.29, 1.82) is 21.2 Å². The molecule has 2 aromatic rings. The predicted molar refractivity (Wildman–Crippen MR) is 95.0 cm³/mol. The summed E-state index contributed by atoms with van der Waals surface area (Å²) in [6.45, 7) is 1.83. The second-order valence-corrected chi connectivity index (χ2v) is 6.93. The SMILES string of the molecule is CCC1C2(c3ccccc3)OC(=N)C1(C#N)C(C#N)(C#N)C(c1ccoc1)O2. The van der Waals surface area contributed by atoms with Crippen LogP contribution in [0.15, 0.2) is 53.3 Å². The summed E-state index contributed by atoms with van der Waals surface area (Å²) in [7, 11) is 0. The van der Waals surface area contributed by atoms with E-state index in [0.717, 1.165) is 0 Å². The number of nitrogens with one attached hydrogen (secondary N) is 1. The van der Waals surface area contributed by atoms with Gasteiger partial charge in [-0.05, 0) is 12.5 Å². The van der Waals surface area contributed by atoms with Gasteiger partial charge in [0.05, 0.1) is 36.7 Å². The molecule has 2 aliphatic heterocycles. The van der Waals surface area contributed by atoms with Crippen molar-refractivity contribution in [2.24, 2.45) is 16.7 Å². The Kier molecular flexibility index (Phi) is 3.79. The van der Waals surface area contributed by atoms with Crippen LogP contribution in [0, 0.1) is 56.2 Å². The Morgan fingerprint density at radius 2 is 1.79 bits per heavy atom. The molecule has 0 spiro atoms. The van der Waals surface area contributed by atoms with E-state index >= 15 is 0 Å². The smallest absolute Gasteiger partial charge is 0.244 e. The highest BCUT2D eigenvalue weighted by Gasteiger charge is 2.80. The second kappa shape index (κ2) is 5.96. The first kappa shape index (κ1) is 17.8. The molecule has 0 radical (unpaired) electrons. The van der Waals surface area contributed by atoms with E-state index < -0.39 is 34.5 Å². The second-order valence-electron chi connectivity index (χ2n) is 6.93. The molecular weight excluding hydrogens is 356 g/mol. The highest BCUT2D eigenvalue weighted by Crippen LogP contribution is 2.69. The number of ether oxygens (including phenoxy) is 2. The van der Waals surface area contributed by atoms with Crippen LogP contribution in [-0.4, -0.2) is 5.90 Å². The van der Waals surface area contributed by atoms with Crippen LogP contribution in [0.5, 0.6) is 0 Å². The number of fused-ring (bicyclic) bond motifs is 2. The van der Waals surface area contributed by atoms with Gasteiger partial charge in [-0.1, -0.05) is 37.3 Å². The van der Waals surface area contributed by atoms with Gasteiger partial charge in [0.25, 0.3) is 0 Å². The Bertz CT molecular complexity index is 1030. The number of hydrogen-bond donors (Lipinski definition) is 1. The summed E-state index contributed by atoms with van der Waals surface area (Å²) in [4.78, 5) is 0. The van der Waals surface area contributed by atoms with Gasteiger partial charge in [0.1, 0.15) is 6.10 Å². The van der Waals surface area contributed by atoms with Crippen LogP contribution in [0.3, 0.4) is 0 Å². The molecule has 3 heterocycles. The molecule has 28 heavy (non-hydrogen) atoms.